The van der Waals surface area contributed by atoms with Crippen LogP contribution < -0.4 is 5.11 Å². The van der Waals surface area contributed by atoms with Crippen LogP contribution in [0.4, 0.5) is 0 Å². The van der Waals surface area contributed by atoms with Crippen LogP contribution in [0.25, 0.3) is 22.1 Å². The number of carbonyl (C=O) groups is 2. The standard InChI is InChI=1S/C19H21N5O3S/c1-12-6-4-5-9-23(12)15(25)11-28-19-20-18-17(21-22-19)13-7-2-3-8-14(13)24(18)10-16(26)27/h2-3,7-8,12H,4-6,9-11H2,1H3,(H,26,27)/p-1/t12-/m1/s1. The number of carboxylic acids is 1. The van der Waals surface area contributed by atoms with Gasteiger partial charge in [-0.25, -0.2) is 4.98 Å². The smallest absolute Gasteiger partial charge is 0.233 e. The second-order valence-corrected chi connectivity index (χ2v) is 7.91. The van der Waals surface area contributed by atoms with Crippen LogP contribution in [0.15, 0.2) is 29.4 Å². The van der Waals surface area contributed by atoms with Gasteiger partial charge in [-0.2, -0.15) is 0 Å². The Balaban J connectivity index is 1.61. The Kier molecular flexibility index (Phi) is 5.17. The molecule has 0 N–H and O–H groups in total. The first-order valence-electron chi connectivity index (χ1n) is 9.28. The van der Waals surface area contributed by atoms with Crippen molar-refractivity contribution < 1.29 is 14.7 Å². The largest absolute Gasteiger partial charge is 0.548 e. The normalized spacial score (nSPS) is 17.3. The van der Waals surface area contributed by atoms with E-state index < -0.39 is 5.97 Å². The molecule has 28 heavy (non-hydrogen) atoms. The van der Waals surface area contributed by atoms with Crippen molar-refractivity contribution in [3.8, 4) is 0 Å². The van der Waals surface area contributed by atoms with Crippen molar-refractivity contribution in [1.29, 1.82) is 0 Å². The van der Waals surface area contributed by atoms with Gasteiger partial charge < -0.3 is 19.4 Å². The van der Waals surface area contributed by atoms with E-state index in [1.54, 1.807) is 4.57 Å². The van der Waals surface area contributed by atoms with E-state index in [4.69, 9.17) is 0 Å². The molecule has 0 radical (unpaired) electrons. The number of fused-ring (bicyclic) bond motifs is 3. The topological polar surface area (TPSA) is 104 Å². The number of thioether (sulfide) groups is 1. The maximum Gasteiger partial charge on any atom is 0.233 e. The van der Waals surface area contributed by atoms with Crippen molar-refractivity contribution in [2.75, 3.05) is 12.3 Å². The van der Waals surface area contributed by atoms with E-state index in [0.717, 1.165) is 31.2 Å². The summed E-state index contributed by atoms with van der Waals surface area (Å²) in [6.07, 6.45) is 3.22. The molecule has 0 aliphatic carbocycles. The number of piperidine rings is 1. The lowest BCUT2D eigenvalue weighted by molar-refractivity contribution is -0.306. The molecule has 1 atom stereocenters. The van der Waals surface area contributed by atoms with Gasteiger partial charge in [0.2, 0.25) is 11.1 Å². The van der Waals surface area contributed by atoms with E-state index in [1.165, 1.54) is 11.8 Å². The third-order valence-electron chi connectivity index (χ3n) is 5.09. The Hall–Kier alpha value is -2.68. The summed E-state index contributed by atoms with van der Waals surface area (Å²) in [6, 6.07) is 7.61. The van der Waals surface area contributed by atoms with Crippen molar-refractivity contribution in [2.45, 2.75) is 43.9 Å². The van der Waals surface area contributed by atoms with Gasteiger partial charge in [-0.05, 0) is 32.3 Å². The van der Waals surface area contributed by atoms with Gasteiger partial charge in [-0.3, -0.25) is 4.79 Å². The van der Waals surface area contributed by atoms with Crippen molar-refractivity contribution in [3.05, 3.63) is 24.3 Å². The summed E-state index contributed by atoms with van der Waals surface area (Å²) < 4.78 is 1.56. The number of aliphatic carboxylic acids is 1. The average Bonchev–Trinajstić information content (AvgIpc) is 2.99. The summed E-state index contributed by atoms with van der Waals surface area (Å²) in [7, 11) is 0. The van der Waals surface area contributed by atoms with E-state index in [-0.39, 0.29) is 24.2 Å². The van der Waals surface area contributed by atoms with Crippen LogP contribution in [0.2, 0.25) is 0 Å². The first kappa shape index (κ1) is 18.7. The minimum atomic E-state index is -1.20. The quantitative estimate of drug-likeness (QED) is 0.595. The molecule has 1 saturated heterocycles. The van der Waals surface area contributed by atoms with Crippen LogP contribution in [0.3, 0.4) is 0 Å². The molecular weight excluding hydrogens is 378 g/mol. The predicted octanol–water partition coefficient (Wildman–Crippen LogP) is 1.22. The lowest BCUT2D eigenvalue weighted by atomic mass is 10.0. The number of hydrogen-bond donors (Lipinski definition) is 0. The zero-order valence-electron chi connectivity index (χ0n) is 15.5. The Morgan fingerprint density at radius 3 is 2.86 bits per heavy atom. The van der Waals surface area contributed by atoms with Gasteiger partial charge in [0, 0.05) is 18.0 Å². The second-order valence-electron chi connectivity index (χ2n) is 6.96. The van der Waals surface area contributed by atoms with Gasteiger partial charge in [-0.1, -0.05) is 30.0 Å². The zero-order valence-corrected chi connectivity index (χ0v) is 16.3. The van der Waals surface area contributed by atoms with Crippen molar-refractivity contribution >= 4 is 45.7 Å². The van der Waals surface area contributed by atoms with E-state index >= 15 is 0 Å². The average molecular weight is 398 g/mol. The molecule has 9 heteroatoms. The minimum Gasteiger partial charge on any atom is -0.548 e. The predicted molar refractivity (Wildman–Crippen MR) is 104 cm³/mol. The molecule has 2 aromatic heterocycles. The fourth-order valence-electron chi connectivity index (χ4n) is 3.72. The molecule has 1 amide bonds. The number of amides is 1. The molecule has 8 nitrogen and oxygen atoms in total. The molecule has 3 heterocycles. The number of likely N-dealkylation sites (tertiary alicyclic amines) is 1. The van der Waals surface area contributed by atoms with Crippen LogP contribution in [0, 0.1) is 0 Å². The van der Waals surface area contributed by atoms with Crippen molar-refractivity contribution in [2.24, 2.45) is 0 Å². The summed E-state index contributed by atoms with van der Waals surface area (Å²) in [4.78, 5) is 30.1. The SMILES string of the molecule is C[C@@H]1CCCCN1C(=O)CSc1nnc2c3ccccc3n(CC(=O)[O-])c2n1. The lowest BCUT2D eigenvalue weighted by Gasteiger charge is -2.33. The molecule has 1 aliphatic heterocycles. The zero-order chi connectivity index (χ0) is 19.7. The third kappa shape index (κ3) is 3.54. The van der Waals surface area contributed by atoms with Crippen LogP contribution in [0.1, 0.15) is 26.2 Å². The molecule has 3 aromatic rings. The van der Waals surface area contributed by atoms with Gasteiger partial charge in [0.05, 0.1) is 23.8 Å². The highest BCUT2D eigenvalue weighted by atomic mass is 32.2. The molecule has 0 spiro atoms. The molecule has 0 unspecified atom stereocenters. The van der Waals surface area contributed by atoms with E-state index in [0.29, 0.717) is 21.8 Å². The third-order valence-corrected chi connectivity index (χ3v) is 5.91. The monoisotopic (exact) mass is 398 g/mol. The first-order chi connectivity index (χ1) is 13.5. The summed E-state index contributed by atoms with van der Waals surface area (Å²) in [5.41, 5.74) is 1.68. The minimum absolute atomic E-state index is 0.0659. The second kappa shape index (κ2) is 7.75. The van der Waals surface area contributed by atoms with Crippen molar-refractivity contribution in [1.82, 2.24) is 24.6 Å². The molecular formula is C19H20N5O3S-. The number of benzene rings is 1. The van der Waals surface area contributed by atoms with E-state index in [2.05, 4.69) is 22.1 Å². The van der Waals surface area contributed by atoms with Gasteiger partial charge in [0.1, 0.15) is 5.52 Å². The highest BCUT2D eigenvalue weighted by Crippen LogP contribution is 2.27. The highest BCUT2D eigenvalue weighted by molar-refractivity contribution is 7.99. The number of carboxylic acid groups (broad SMARTS) is 1. The van der Waals surface area contributed by atoms with Crippen molar-refractivity contribution in [3.63, 3.8) is 0 Å². The summed E-state index contributed by atoms with van der Waals surface area (Å²) in [5, 5.41) is 20.7. The Morgan fingerprint density at radius 1 is 1.25 bits per heavy atom. The van der Waals surface area contributed by atoms with Gasteiger partial charge in [0.25, 0.3) is 0 Å². The molecule has 1 aliphatic rings. The summed E-state index contributed by atoms with van der Waals surface area (Å²) in [6.45, 7) is 2.54. The highest BCUT2D eigenvalue weighted by Gasteiger charge is 2.23. The molecule has 1 fully saturated rings. The van der Waals surface area contributed by atoms with E-state index in [1.807, 2.05) is 29.2 Å². The Labute approximate surface area is 165 Å². The fourth-order valence-corrected chi connectivity index (χ4v) is 4.39. The molecule has 0 saturated carbocycles. The van der Waals surface area contributed by atoms with Crippen LogP contribution >= 0.6 is 11.8 Å². The number of hydrogen-bond acceptors (Lipinski definition) is 7. The number of nitrogens with zero attached hydrogens (tertiary/aromatic N) is 5. The number of aromatic nitrogens is 4. The molecule has 4 rings (SSSR count). The van der Waals surface area contributed by atoms with Gasteiger partial charge >= 0.3 is 0 Å². The first-order valence-corrected chi connectivity index (χ1v) is 10.3. The van der Waals surface area contributed by atoms with Crippen LogP contribution in [-0.4, -0.2) is 54.9 Å². The maximum absolute atomic E-state index is 12.5. The number of rotatable bonds is 5. The fraction of sp³-hybridized carbons (Fsp3) is 0.421. The maximum atomic E-state index is 12.5. The van der Waals surface area contributed by atoms with E-state index in [9.17, 15) is 14.7 Å². The Bertz CT molecular complexity index is 1050. The van der Waals surface area contributed by atoms with Gasteiger partial charge in [0.15, 0.2) is 5.65 Å². The van der Waals surface area contributed by atoms with Crippen LogP contribution in [0.5, 0.6) is 0 Å². The number of carbonyl (C=O) groups excluding carboxylic acids is 2. The summed E-state index contributed by atoms with van der Waals surface area (Å²) in [5.74, 6) is -0.904. The van der Waals surface area contributed by atoms with Gasteiger partial charge in [-0.15, -0.1) is 10.2 Å². The van der Waals surface area contributed by atoms with Crippen LogP contribution in [-0.2, 0) is 16.1 Å². The number of para-hydroxylation sites is 1. The molecule has 1 aromatic carbocycles. The molecule has 146 valence electrons. The summed E-state index contributed by atoms with van der Waals surface area (Å²) >= 11 is 1.22. The lowest BCUT2D eigenvalue weighted by Crippen LogP contribution is -2.42. The molecule has 0 bridgehead atoms. The Morgan fingerprint density at radius 2 is 2.07 bits per heavy atom.